The zero-order valence-electron chi connectivity index (χ0n) is 13.9. The average Bonchev–Trinajstić information content (AvgIpc) is 2.14. The molecule has 0 amide bonds. The van der Waals surface area contributed by atoms with Gasteiger partial charge in [-0.25, -0.2) is 0 Å². The van der Waals surface area contributed by atoms with E-state index in [4.69, 9.17) is 0 Å². The summed E-state index contributed by atoms with van der Waals surface area (Å²) in [6.07, 6.45) is 4.26. The summed E-state index contributed by atoms with van der Waals surface area (Å²) < 4.78 is 0. The third-order valence-electron chi connectivity index (χ3n) is 4.65. The third-order valence-corrected chi connectivity index (χ3v) is 10.9. The van der Waals surface area contributed by atoms with Crippen LogP contribution < -0.4 is 0 Å². The van der Waals surface area contributed by atoms with Gasteiger partial charge in [0.15, 0.2) is 0 Å². The number of ketones is 1. The lowest BCUT2D eigenvalue weighted by molar-refractivity contribution is -0.120. The van der Waals surface area contributed by atoms with Gasteiger partial charge in [-0.15, -0.1) is 0 Å². The standard InChI is InChI=1S/C16H34OSi/c1-9-10-11-15(14(17)12-13(2)3)18(7,8)16(4,5)6/h13,15H,9-12H2,1-8H3/t15-/m0/s1. The highest BCUT2D eigenvalue weighted by Gasteiger charge is 2.44. The van der Waals surface area contributed by atoms with Crippen molar-refractivity contribution in [1.82, 2.24) is 0 Å². The Bertz CT molecular complexity index is 261. The molecular weight excluding hydrogens is 236 g/mol. The van der Waals surface area contributed by atoms with E-state index in [0.29, 0.717) is 22.3 Å². The van der Waals surface area contributed by atoms with Crippen LogP contribution in [0.15, 0.2) is 0 Å². The maximum absolute atomic E-state index is 12.6. The van der Waals surface area contributed by atoms with Crippen LogP contribution in [0.5, 0.6) is 0 Å². The second-order valence-electron chi connectivity index (χ2n) is 7.73. The van der Waals surface area contributed by atoms with Gasteiger partial charge in [-0.2, -0.15) is 0 Å². The van der Waals surface area contributed by atoms with Crippen LogP contribution in [-0.2, 0) is 4.79 Å². The van der Waals surface area contributed by atoms with Gasteiger partial charge < -0.3 is 0 Å². The molecule has 0 rings (SSSR count). The summed E-state index contributed by atoms with van der Waals surface area (Å²) in [6, 6.07) is 0. The van der Waals surface area contributed by atoms with Crippen LogP contribution in [0.3, 0.4) is 0 Å². The van der Waals surface area contributed by atoms with Crippen molar-refractivity contribution < 1.29 is 4.79 Å². The number of carbonyl (C=O) groups is 1. The zero-order chi connectivity index (χ0) is 14.6. The zero-order valence-corrected chi connectivity index (χ0v) is 14.9. The van der Waals surface area contributed by atoms with E-state index >= 15 is 0 Å². The first-order valence-corrected chi connectivity index (χ1v) is 10.6. The Morgan fingerprint density at radius 2 is 1.67 bits per heavy atom. The van der Waals surface area contributed by atoms with Crippen molar-refractivity contribution in [2.24, 2.45) is 5.92 Å². The van der Waals surface area contributed by atoms with Gasteiger partial charge in [0.05, 0.1) is 8.07 Å². The number of unbranched alkanes of at least 4 members (excludes halogenated alkanes) is 1. The second-order valence-corrected chi connectivity index (χ2v) is 13.4. The number of hydrogen-bond acceptors (Lipinski definition) is 1. The van der Waals surface area contributed by atoms with E-state index in [0.717, 1.165) is 12.8 Å². The Morgan fingerprint density at radius 1 is 1.17 bits per heavy atom. The number of carbonyl (C=O) groups excluding carboxylic acids is 1. The molecule has 0 saturated carbocycles. The van der Waals surface area contributed by atoms with Gasteiger partial charge in [0, 0.05) is 12.0 Å². The molecule has 0 aliphatic heterocycles. The monoisotopic (exact) mass is 270 g/mol. The SMILES string of the molecule is CCCC[C@@H](C(=O)CC(C)C)[Si](C)(C)C(C)(C)C. The van der Waals surface area contributed by atoms with Gasteiger partial charge in [-0.3, -0.25) is 4.79 Å². The summed E-state index contributed by atoms with van der Waals surface area (Å²) in [5, 5.41) is 0.304. The molecule has 2 heteroatoms. The van der Waals surface area contributed by atoms with Crippen LogP contribution in [0.2, 0.25) is 23.7 Å². The van der Waals surface area contributed by atoms with Crippen LogP contribution in [0.4, 0.5) is 0 Å². The van der Waals surface area contributed by atoms with Crippen LogP contribution in [0.25, 0.3) is 0 Å². The van der Waals surface area contributed by atoms with Gasteiger partial charge in [0.25, 0.3) is 0 Å². The predicted molar refractivity (Wildman–Crippen MR) is 84.9 cm³/mol. The molecule has 0 aromatic carbocycles. The lowest BCUT2D eigenvalue weighted by atomic mass is 10.0. The minimum atomic E-state index is -1.55. The van der Waals surface area contributed by atoms with Crippen molar-refractivity contribution in [3.8, 4) is 0 Å². The molecule has 0 bridgehead atoms. The predicted octanol–water partition coefficient (Wildman–Crippen LogP) is 5.67. The Balaban J connectivity index is 5.04. The molecule has 0 unspecified atom stereocenters. The number of rotatable bonds is 7. The second kappa shape index (κ2) is 6.88. The molecule has 0 aromatic rings. The van der Waals surface area contributed by atoms with Gasteiger partial charge >= 0.3 is 0 Å². The first-order chi connectivity index (χ1) is 8.04. The lowest BCUT2D eigenvalue weighted by Crippen LogP contribution is -2.45. The molecule has 0 radical (unpaired) electrons. The third kappa shape index (κ3) is 4.87. The molecule has 0 spiro atoms. The Labute approximate surface area is 116 Å². The summed E-state index contributed by atoms with van der Waals surface area (Å²) in [5.41, 5.74) is 0.347. The highest BCUT2D eigenvalue weighted by molar-refractivity contribution is 6.84. The molecule has 0 fully saturated rings. The van der Waals surface area contributed by atoms with E-state index in [2.05, 4.69) is 54.6 Å². The largest absolute Gasteiger partial charge is 0.300 e. The van der Waals surface area contributed by atoms with E-state index < -0.39 is 8.07 Å². The molecule has 0 saturated heterocycles. The highest BCUT2D eigenvalue weighted by Crippen LogP contribution is 2.46. The summed E-state index contributed by atoms with van der Waals surface area (Å²) in [7, 11) is -1.55. The van der Waals surface area contributed by atoms with Crippen LogP contribution in [0.1, 0.15) is 67.2 Å². The fourth-order valence-corrected chi connectivity index (χ4v) is 5.29. The Morgan fingerprint density at radius 3 is 2.00 bits per heavy atom. The minimum absolute atomic E-state index is 0.304. The van der Waals surface area contributed by atoms with E-state index in [1.165, 1.54) is 12.8 Å². The lowest BCUT2D eigenvalue weighted by Gasteiger charge is -2.43. The van der Waals surface area contributed by atoms with Crippen LogP contribution in [0, 0.1) is 5.92 Å². The van der Waals surface area contributed by atoms with Gasteiger partial charge in [0.1, 0.15) is 5.78 Å². The van der Waals surface area contributed by atoms with Crippen molar-refractivity contribution in [3.05, 3.63) is 0 Å². The minimum Gasteiger partial charge on any atom is -0.300 e. The molecular formula is C16H34OSi. The molecule has 1 nitrogen and oxygen atoms in total. The molecule has 0 aliphatic rings. The van der Waals surface area contributed by atoms with Gasteiger partial charge in [-0.1, -0.05) is 67.5 Å². The summed E-state index contributed by atoms with van der Waals surface area (Å²) >= 11 is 0. The average molecular weight is 271 g/mol. The van der Waals surface area contributed by atoms with Crippen molar-refractivity contribution in [2.45, 2.75) is 90.9 Å². The Hall–Kier alpha value is -0.113. The molecule has 1 atom stereocenters. The first kappa shape index (κ1) is 17.9. The first-order valence-electron chi connectivity index (χ1n) is 7.56. The number of Topliss-reactive ketones (excluding diaryl/α,β-unsaturated/α-hetero) is 1. The molecule has 18 heavy (non-hydrogen) atoms. The number of hydrogen-bond donors (Lipinski definition) is 0. The van der Waals surface area contributed by atoms with E-state index in [-0.39, 0.29) is 0 Å². The molecule has 0 N–H and O–H groups in total. The molecule has 0 heterocycles. The fraction of sp³-hybridized carbons (Fsp3) is 0.938. The van der Waals surface area contributed by atoms with Crippen molar-refractivity contribution in [3.63, 3.8) is 0 Å². The van der Waals surface area contributed by atoms with Crippen LogP contribution >= 0.6 is 0 Å². The van der Waals surface area contributed by atoms with Crippen molar-refractivity contribution in [1.29, 1.82) is 0 Å². The summed E-state index contributed by atoms with van der Waals surface area (Å²) in [5.74, 6) is 1.02. The summed E-state index contributed by atoms with van der Waals surface area (Å²) in [6.45, 7) is 18.3. The molecule has 108 valence electrons. The van der Waals surface area contributed by atoms with Gasteiger partial charge in [-0.05, 0) is 17.4 Å². The van der Waals surface area contributed by atoms with Crippen LogP contribution in [-0.4, -0.2) is 13.9 Å². The van der Waals surface area contributed by atoms with Crippen molar-refractivity contribution in [2.75, 3.05) is 0 Å². The summed E-state index contributed by atoms with van der Waals surface area (Å²) in [4.78, 5) is 12.6. The van der Waals surface area contributed by atoms with Gasteiger partial charge in [0.2, 0.25) is 0 Å². The maximum atomic E-state index is 12.6. The highest BCUT2D eigenvalue weighted by atomic mass is 28.3. The quantitative estimate of drug-likeness (QED) is 0.545. The molecule has 0 aromatic heterocycles. The molecule has 0 aliphatic carbocycles. The van der Waals surface area contributed by atoms with Crippen molar-refractivity contribution >= 4 is 13.9 Å². The fourth-order valence-electron chi connectivity index (χ4n) is 2.40. The van der Waals surface area contributed by atoms with E-state index in [9.17, 15) is 4.79 Å². The Kier molecular flexibility index (Phi) is 6.84. The topological polar surface area (TPSA) is 17.1 Å². The smallest absolute Gasteiger partial charge is 0.133 e. The maximum Gasteiger partial charge on any atom is 0.133 e. The normalized spacial score (nSPS) is 14.9. The van der Waals surface area contributed by atoms with E-state index in [1.807, 2.05) is 0 Å². The van der Waals surface area contributed by atoms with E-state index in [1.54, 1.807) is 0 Å².